The SMILES string of the molecule is FC(F)(F)c1ccc(Nc2cc(-c3ccncc3)nc(C3CCNC3)n2)cc1. The lowest BCUT2D eigenvalue weighted by Gasteiger charge is -2.14. The summed E-state index contributed by atoms with van der Waals surface area (Å²) in [6, 6.07) is 10.4. The molecule has 1 aliphatic heterocycles. The van der Waals surface area contributed by atoms with Gasteiger partial charge in [-0.1, -0.05) is 0 Å². The van der Waals surface area contributed by atoms with Gasteiger partial charge in [-0.25, -0.2) is 9.97 Å². The van der Waals surface area contributed by atoms with E-state index in [4.69, 9.17) is 4.98 Å². The van der Waals surface area contributed by atoms with Crippen molar-refractivity contribution >= 4 is 11.5 Å². The number of anilines is 2. The quantitative estimate of drug-likeness (QED) is 0.698. The second-order valence-electron chi connectivity index (χ2n) is 6.62. The van der Waals surface area contributed by atoms with Gasteiger partial charge in [-0.2, -0.15) is 13.2 Å². The topological polar surface area (TPSA) is 62.7 Å². The van der Waals surface area contributed by atoms with Crippen LogP contribution in [0.1, 0.15) is 23.7 Å². The number of pyridine rings is 1. The number of alkyl halides is 3. The van der Waals surface area contributed by atoms with Crippen LogP contribution in [0.3, 0.4) is 0 Å². The van der Waals surface area contributed by atoms with Gasteiger partial charge in [0, 0.05) is 42.2 Å². The summed E-state index contributed by atoms with van der Waals surface area (Å²) in [4.78, 5) is 13.3. The molecule has 2 N–H and O–H groups in total. The smallest absolute Gasteiger partial charge is 0.340 e. The highest BCUT2D eigenvalue weighted by Gasteiger charge is 2.30. The zero-order valence-corrected chi connectivity index (χ0v) is 14.9. The maximum absolute atomic E-state index is 12.8. The molecule has 1 fully saturated rings. The van der Waals surface area contributed by atoms with E-state index in [-0.39, 0.29) is 5.92 Å². The first kappa shape index (κ1) is 18.4. The predicted molar refractivity (Wildman–Crippen MR) is 100 cm³/mol. The highest BCUT2D eigenvalue weighted by Crippen LogP contribution is 2.31. The van der Waals surface area contributed by atoms with Crippen LogP contribution in [0.2, 0.25) is 0 Å². The van der Waals surface area contributed by atoms with Gasteiger partial charge in [0.1, 0.15) is 11.6 Å². The van der Waals surface area contributed by atoms with E-state index in [0.717, 1.165) is 42.9 Å². The fraction of sp³-hybridized carbons (Fsp3) is 0.250. The molecule has 0 spiro atoms. The molecule has 0 radical (unpaired) electrons. The summed E-state index contributed by atoms with van der Waals surface area (Å²) in [5, 5.41) is 6.40. The van der Waals surface area contributed by atoms with E-state index in [0.29, 0.717) is 17.3 Å². The standard InChI is InChI=1S/C20H18F3N5/c21-20(22,23)15-1-3-16(4-2-15)26-18-11-17(13-5-8-24-9-6-13)27-19(28-18)14-7-10-25-12-14/h1-6,8-9,11,14,25H,7,10,12H2,(H,26,27,28). The number of hydrogen-bond donors (Lipinski definition) is 2. The van der Waals surface area contributed by atoms with Crippen molar-refractivity contribution in [2.24, 2.45) is 0 Å². The number of halogens is 3. The van der Waals surface area contributed by atoms with E-state index in [9.17, 15) is 13.2 Å². The van der Waals surface area contributed by atoms with Crippen molar-refractivity contribution in [2.75, 3.05) is 18.4 Å². The second kappa shape index (κ2) is 7.55. The molecule has 28 heavy (non-hydrogen) atoms. The number of rotatable bonds is 4. The number of nitrogens with zero attached hydrogens (tertiary/aromatic N) is 3. The van der Waals surface area contributed by atoms with Gasteiger partial charge in [0.25, 0.3) is 0 Å². The number of hydrogen-bond acceptors (Lipinski definition) is 5. The third kappa shape index (κ3) is 4.12. The van der Waals surface area contributed by atoms with E-state index >= 15 is 0 Å². The first-order valence-electron chi connectivity index (χ1n) is 8.93. The molecule has 5 nitrogen and oxygen atoms in total. The Bertz CT molecular complexity index is 936. The lowest BCUT2D eigenvalue weighted by Crippen LogP contribution is -2.11. The molecule has 2 aromatic heterocycles. The van der Waals surface area contributed by atoms with Crippen LogP contribution in [-0.2, 0) is 6.18 Å². The zero-order chi connectivity index (χ0) is 19.6. The predicted octanol–water partition coefficient (Wildman–Crippen LogP) is 4.38. The molecular formula is C20H18F3N5. The Morgan fingerprint density at radius 1 is 1.00 bits per heavy atom. The first-order valence-corrected chi connectivity index (χ1v) is 8.93. The Morgan fingerprint density at radius 3 is 2.39 bits per heavy atom. The minimum atomic E-state index is -4.36. The van der Waals surface area contributed by atoms with Crippen LogP contribution in [-0.4, -0.2) is 28.0 Å². The van der Waals surface area contributed by atoms with E-state index in [1.807, 2.05) is 12.1 Å². The highest BCUT2D eigenvalue weighted by molar-refractivity contribution is 5.65. The molecule has 1 saturated heterocycles. The maximum atomic E-state index is 12.8. The molecular weight excluding hydrogens is 367 g/mol. The van der Waals surface area contributed by atoms with E-state index in [1.54, 1.807) is 18.5 Å². The zero-order valence-electron chi connectivity index (χ0n) is 14.9. The van der Waals surface area contributed by atoms with Gasteiger partial charge >= 0.3 is 6.18 Å². The van der Waals surface area contributed by atoms with E-state index < -0.39 is 11.7 Å². The molecule has 1 atom stereocenters. The third-order valence-electron chi connectivity index (χ3n) is 4.63. The minimum Gasteiger partial charge on any atom is -0.340 e. The summed E-state index contributed by atoms with van der Waals surface area (Å²) < 4.78 is 38.3. The normalized spacial score (nSPS) is 16.9. The Hall–Kier alpha value is -3.00. The number of benzene rings is 1. The van der Waals surface area contributed by atoms with Crippen molar-refractivity contribution in [2.45, 2.75) is 18.5 Å². The molecule has 0 aliphatic carbocycles. The van der Waals surface area contributed by atoms with Crippen LogP contribution in [0, 0.1) is 0 Å². The maximum Gasteiger partial charge on any atom is 0.416 e. The van der Waals surface area contributed by atoms with Crippen LogP contribution in [0.5, 0.6) is 0 Å². The fourth-order valence-corrected chi connectivity index (χ4v) is 3.15. The summed E-state index contributed by atoms with van der Waals surface area (Å²) in [5.41, 5.74) is 1.49. The molecule has 0 saturated carbocycles. The van der Waals surface area contributed by atoms with Gasteiger partial charge in [0.15, 0.2) is 0 Å². The average Bonchev–Trinajstić information content (AvgIpc) is 3.23. The van der Waals surface area contributed by atoms with Crippen LogP contribution in [0.4, 0.5) is 24.7 Å². The Morgan fingerprint density at radius 2 is 1.75 bits per heavy atom. The van der Waals surface area contributed by atoms with Crippen molar-refractivity contribution in [3.63, 3.8) is 0 Å². The van der Waals surface area contributed by atoms with Gasteiger partial charge in [-0.05, 0) is 49.4 Å². The summed E-state index contributed by atoms with van der Waals surface area (Å²) in [7, 11) is 0. The molecule has 0 amide bonds. The molecule has 144 valence electrons. The first-order chi connectivity index (χ1) is 13.5. The van der Waals surface area contributed by atoms with Gasteiger partial charge in [0.2, 0.25) is 0 Å². The summed E-state index contributed by atoms with van der Waals surface area (Å²) in [6.45, 7) is 1.72. The molecule has 8 heteroatoms. The third-order valence-corrected chi connectivity index (χ3v) is 4.63. The average molecular weight is 385 g/mol. The van der Waals surface area contributed by atoms with E-state index in [2.05, 4.69) is 20.6 Å². The second-order valence-corrected chi connectivity index (χ2v) is 6.62. The van der Waals surface area contributed by atoms with Crippen LogP contribution >= 0.6 is 0 Å². The van der Waals surface area contributed by atoms with Gasteiger partial charge in [0.05, 0.1) is 11.3 Å². The fourth-order valence-electron chi connectivity index (χ4n) is 3.15. The van der Waals surface area contributed by atoms with Crippen LogP contribution in [0.15, 0.2) is 54.9 Å². The van der Waals surface area contributed by atoms with Crippen molar-refractivity contribution < 1.29 is 13.2 Å². The van der Waals surface area contributed by atoms with E-state index in [1.165, 1.54) is 12.1 Å². The number of aromatic nitrogens is 3. The lowest BCUT2D eigenvalue weighted by atomic mass is 10.1. The van der Waals surface area contributed by atoms with Crippen molar-refractivity contribution in [1.82, 2.24) is 20.3 Å². The molecule has 3 heterocycles. The monoisotopic (exact) mass is 385 g/mol. The summed E-state index contributed by atoms with van der Waals surface area (Å²) >= 11 is 0. The lowest BCUT2D eigenvalue weighted by molar-refractivity contribution is -0.137. The largest absolute Gasteiger partial charge is 0.416 e. The Labute approximate surface area is 160 Å². The van der Waals surface area contributed by atoms with Gasteiger partial charge in [-0.15, -0.1) is 0 Å². The number of nitrogens with one attached hydrogen (secondary N) is 2. The molecule has 1 aromatic carbocycles. The van der Waals surface area contributed by atoms with Crippen molar-refractivity contribution in [3.05, 3.63) is 66.2 Å². The summed E-state index contributed by atoms with van der Waals surface area (Å²) in [6.07, 6.45) is -0.0292. The molecule has 1 aliphatic rings. The summed E-state index contributed by atoms with van der Waals surface area (Å²) in [5.74, 6) is 1.46. The minimum absolute atomic E-state index is 0.204. The molecule has 0 bridgehead atoms. The van der Waals surface area contributed by atoms with Gasteiger partial charge in [-0.3, -0.25) is 4.98 Å². The Balaban J connectivity index is 1.66. The molecule has 1 unspecified atom stereocenters. The van der Waals surface area contributed by atoms with Crippen molar-refractivity contribution in [3.8, 4) is 11.3 Å². The molecule has 3 aromatic rings. The van der Waals surface area contributed by atoms with Crippen LogP contribution < -0.4 is 10.6 Å². The van der Waals surface area contributed by atoms with Crippen LogP contribution in [0.25, 0.3) is 11.3 Å². The highest BCUT2D eigenvalue weighted by atomic mass is 19.4. The van der Waals surface area contributed by atoms with Crippen molar-refractivity contribution in [1.29, 1.82) is 0 Å². The van der Waals surface area contributed by atoms with Gasteiger partial charge < -0.3 is 10.6 Å². The Kier molecular flexibility index (Phi) is 4.95. The molecule has 4 rings (SSSR count).